The van der Waals surface area contributed by atoms with Crippen molar-refractivity contribution in [2.45, 2.75) is 6.42 Å². The Morgan fingerprint density at radius 3 is 3.08 bits per heavy atom. The van der Waals surface area contributed by atoms with E-state index in [1.54, 1.807) is 6.07 Å². The number of carbonyl (C=O) groups excluding carboxylic acids is 1. The predicted octanol–water partition coefficient (Wildman–Crippen LogP) is 2.09. The van der Waals surface area contributed by atoms with Crippen LogP contribution in [0.1, 0.15) is 6.42 Å². The predicted molar refractivity (Wildman–Crippen MR) is 53.2 cm³/mol. The van der Waals surface area contributed by atoms with Gasteiger partial charge in [-0.1, -0.05) is 17.7 Å². The lowest BCUT2D eigenvalue weighted by Crippen LogP contribution is -2.11. The van der Waals surface area contributed by atoms with E-state index in [1.165, 1.54) is 0 Å². The molecule has 0 saturated carbocycles. The molecule has 0 aliphatic carbocycles. The van der Waals surface area contributed by atoms with Gasteiger partial charge in [-0.3, -0.25) is 4.79 Å². The van der Waals surface area contributed by atoms with Crippen LogP contribution < -0.4 is 10.6 Å². The molecule has 3 nitrogen and oxygen atoms in total. The van der Waals surface area contributed by atoms with Gasteiger partial charge < -0.3 is 10.6 Å². The lowest BCUT2D eigenvalue weighted by Gasteiger charge is -2.08. The van der Waals surface area contributed by atoms with Gasteiger partial charge >= 0.3 is 0 Å². The number of halogens is 1. The first kappa shape index (κ1) is 8.38. The van der Waals surface area contributed by atoms with E-state index in [-0.39, 0.29) is 5.91 Å². The average molecular weight is 197 g/mol. The first-order valence-electron chi connectivity index (χ1n) is 4.09. The van der Waals surface area contributed by atoms with E-state index in [1.807, 2.05) is 12.1 Å². The monoisotopic (exact) mass is 196 g/mol. The SMILES string of the molecule is O=C1CCNc2cccc(Cl)c2N1. The van der Waals surface area contributed by atoms with Crippen molar-refractivity contribution in [2.24, 2.45) is 0 Å². The summed E-state index contributed by atoms with van der Waals surface area (Å²) in [5.74, 6) is -0.000602. The van der Waals surface area contributed by atoms with E-state index in [9.17, 15) is 4.79 Å². The zero-order valence-electron chi connectivity index (χ0n) is 6.93. The molecule has 13 heavy (non-hydrogen) atoms. The molecule has 0 fully saturated rings. The fraction of sp³-hybridized carbons (Fsp3) is 0.222. The van der Waals surface area contributed by atoms with Gasteiger partial charge in [0.2, 0.25) is 5.91 Å². The highest BCUT2D eigenvalue weighted by atomic mass is 35.5. The van der Waals surface area contributed by atoms with Gasteiger partial charge in [0.05, 0.1) is 16.4 Å². The Bertz CT molecular complexity index is 351. The topological polar surface area (TPSA) is 41.1 Å². The molecule has 2 N–H and O–H groups in total. The molecule has 68 valence electrons. The highest BCUT2D eigenvalue weighted by Crippen LogP contribution is 2.31. The maximum absolute atomic E-state index is 11.2. The lowest BCUT2D eigenvalue weighted by atomic mass is 10.2. The summed E-state index contributed by atoms with van der Waals surface area (Å²) in [5.41, 5.74) is 1.57. The molecule has 1 heterocycles. The number of nitrogens with one attached hydrogen (secondary N) is 2. The van der Waals surface area contributed by atoms with Crippen LogP contribution in [0, 0.1) is 0 Å². The van der Waals surface area contributed by atoms with Crippen LogP contribution in [0.5, 0.6) is 0 Å². The Morgan fingerprint density at radius 1 is 1.38 bits per heavy atom. The third kappa shape index (κ3) is 1.60. The quantitative estimate of drug-likeness (QED) is 0.667. The van der Waals surface area contributed by atoms with Gasteiger partial charge in [0, 0.05) is 13.0 Å². The minimum atomic E-state index is -0.000602. The second-order valence-electron chi connectivity index (χ2n) is 2.89. The number of benzene rings is 1. The number of anilines is 2. The Morgan fingerprint density at radius 2 is 2.23 bits per heavy atom. The van der Waals surface area contributed by atoms with E-state index < -0.39 is 0 Å². The van der Waals surface area contributed by atoms with Crippen molar-refractivity contribution in [3.8, 4) is 0 Å². The van der Waals surface area contributed by atoms with Crippen LogP contribution in [-0.4, -0.2) is 12.5 Å². The van der Waals surface area contributed by atoms with Crippen LogP contribution in [0.4, 0.5) is 11.4 Å². The van der Waals surface area contributed by atoms with Gasteiger partial charge in [-0.05, 0) is 12.1 Å². The van der Waals surface area contributed by atoms with Crippen LogP contribution in [0.2, 0.25) is 5.02 Å². The highest BCUT2D eigenvalue weighted by molar-refractivity contribution is 6.34. The third-order valence-corrected chi connectivity index (χ3v) is 2.26. The largest absolute Gasteiger partial charge is 0.383 e. The number of carbonyl (C=O) groups is 1. The number of hydrogen-bond donors (Lipinski definition) is 2. The summed E-state index contributed by atoms with van der Waals surface area (Å²) in [7, 11) is 0. The molecule has 2 rings (SSSR count). The number of hydrogen-bond acceptors (Lipinski definition) is 2. The summed E-state index contributed by atoms with van der Waals surface area (Å²) >= 11 is 5.93. The fourth-order valence-electron chi connectivity index (χ4n) is 1.31. The molecule has 1 aliphatic heterocycles. The van der Waals surface area contributed by atoms with Gasteiger partial charge in [0.25, 0.3) is 0 Å². The molecule has 1 amide bonds. The van der Waals surface area contributed by atoms with Gasteiger partial charge in [-0.15, -0.1) is 0 Å². The van der Waals surface area contributed by atoms with Crippen molar-refractivity contribution >= 4 is 28.9 Å². The highest BCUT2D eigenvalue weighted by Gasteiger charge is 2.13. The summed E-state index contributed by atoms with van der Waals surface area (Å²) in [6.07, 6.45) is 0.477. The van der Waals surface area contributed by atoms with Gasteiger partial charge in [-0.2, -0.15) is 0 Å². The molecular formula is C9H9ClN2O. The minimum absolute atomic E-state index is 0.000602. The molecule has 1 aliphatic rings. The van der Waals surface area contributed by atoms with Crippen molar-refractivity contribution < 1.29 is 4.79 Å². The van der Waals surface area contributed by atoms with E-state index in [0.717, 1.165) is 5.69 Å². The molecule has 0 saturated heterocycles. The van der Waals surface area contributed by atoms with E-state index in [4.69, 9.17) is 11.6 Å². The summed E-state index contributed by atoms with van der Waals surface area (Å²) in [6.45, 7) is 0.652. The molecule has 0 atom stereocenters. The smallest absolute Gasteiger partial charge is 0.226 e. The number of amides is 1. The number of fused-ring (bicyclic) bond motifs is 1. The molecule has 1 aromatic rings. The Hall–Kier alpha value is -1.22. The Balaban J connectivity index is 2.46. The maximum atomic E-state index is 11.2. The second-order valence-corrected chi connectivity index (χ2v) is 3.29. The second kappa shape index (κ2) is 3.26. The van der Waals surface area contributed by atoms with Crippen molar-refractivity contribution in [1.82, 2.24) is 0 Å². The van der Waals surface area contributed by atoms with Gasteiger partial charge in [0.15, 0.2) is 0 Å². The Labute approximate surface area is 81.1 Å². The van der Waals surface area contributed by atoms with Gasteiger partial charge in [-0.25, -0.2) is 0 Å². The normalized spacial score (nSPS) is 15.3. The van der Waals surface area contributed by atoms with Crippen LogP contribution in [-0.2, 0) is 4.79 Å². The molecule has 0 bridgehead atoms. The third-order valence-electron chi connectivity index (χ3n) is 1.95. The maximum Gasteiger partial charge on any atom is 0.226 e. The van der Waals surface area contributed by atoms with Crippen LogP contribution in [0.3, 0.4) is 0 Å². The van der Waals surface area contributed by atoms with Crippen LogP contribution in [0.25, 0.3) is 0 Å². The van der Waals surface area contributed by atoms with Gasteiger partial charge in [0.1, 0.15) is 0 Å². The van der Waals surface area contributed by atoms with E-state index >= 15 is 0 Å². The summed E-state index contributed by atoms with van der Waals surface area (Å²) < 4.78 is 0. The standard InChI is InChI=1S/C9H9ClN2O/c10-6-2-1-3-7-9(6)12-8(13)4-5-11-7/h1-3,11H,4-5H2,(H,12,13). The van der Waals surface area contributed by atoms with Crippen LogP contribution in [0.15, 0.2) is 18.2 Å². The van der Waals surface area contributed by atoms with E-state index in [2.05, 4.69) is 10.6 Å². The molecule has 0 aromatic heterocycles. The molecule has 4 heteroatoms. The van der Waals surface area contributed by atoms with Crippen molar-refractivity contribution in [3.63, 3.8) is 0 Å². The first-order chi connectivity index (χ1) is 6.27. The Kier molecular flexibility index (Phi) is 2.10. The molecule has 0 radical (unpaired) electrons. The van der Waals surface area contributed by atoms with Crippen molar-refractivity contribution in [1.29, 1.82) is 0 Å². The van der Waals surface area contributed by atoms with Crippen molar-refractivity contribution in [3.05, 3.63) is 23.2 Å². The first-order valence-corrected chi connectivity index (χ1v) is 4.47. The molecule has 0 spiro atoms. The minimum Gasteiger partial charge on any atom is -0.383 e. The molecule has 0 unspecified atom stereocenters. The fourth-order valence-corrected chi connectivity index (χ4v) is 1.53. The van der Waals surface area contributed by atoms with Crippen LogP contribution >= 0.6 is 11.6 Å². The van der Waals surface area contributed by atoms with Crippen molar-refractivity contribution in [2.75, 3.05) is 17.2 Å². The summed E-state index contributed by atoms with van der Waals surface area (Å²) in [6, 6.07) is 5.51. The molecular weight excluding hydrogens is 188 g/mol. The molecule has 1 aromatic carbocycles. The summed E-state index contributed by atoms with van der Waals surface area (Å²) in [5, 5.41) is 6.46. The number of para-hydroxylation sites is 1. The lowest BCUT2D eigenvalue weighted by molar-refractivity contribution is -0.115. The number of rotatable bonds is 0. The average Bonchev–Trinajstić information content (AvgIpc) is 2.28. The zero-order valence-corrected chi connectivity index (χ0v) is 7.69. The summed E-state index contributed by atoms with van der Waals surface area (Å²) in [4.78, 5) is 11.2. The van der Waals surface area contributed by atoms with E-state index in [0.29, 0.717) is 23.7 Å². The zero-order chi connectivity index (χ0) is 9.26.